The highest BCUT2D eigenvalue weighted by Crippen LogP contribution is 2.33. The van der Waals surface area contributed by atoms with Crippen molar-refractivity contribution in [1.29, 1.82) is 0 Å². The minimum absolute atomic E-state index is 0.0123. The van der Waals surface area contributed by atoms with Crippen LogP contribution in [0, 0.1) is 0 Å². The van der Waals surface area contributed by atoms with E-state index < -0.39 is 11.2 Å². The van der Waals surface area contributed by atoms with Gasteiger partial charge in [-0.2, -0.15) is 0 Å². The van der Waals surface area contributed by atoms with Gasteiger partial charge in [-0.05, 0) is 80.1 Å². The average Bonchev–Trinajstić information content (AvgIpc) is 3.00. The minimum Gasteiger partial charge on any atom is -0.494 e. The van der Waals surface area contributed by atoms with Gasteiger partial charge in [-0.25, -0.2) is 9.79 Å². The van der Waals surface area contributed by atoms with Gasteiger partial charge in [-0.1, -0.05) is 17.8 Å². The summed E-state index contributed by atoms with van der Waals surface area (Å²) < 4.78 is 21.3. The molecule has 0 bridgehead atoms. The van der Waals surface area contributed by atoms with Gasteiger partial charge in [-0.15, -0.1) is 0 Å². The minimum atomic E-state index is -0.705. The number of amidine groups is 1. The van der Waals surface area contributed by atoms with Gasteiger partial charge in [-0.3, -0.25) is 14.5 Å². The Hall–Kier alpha value is -4.51. The lowest BCUT2D eigenvalue weighted by Crippen LogP contribution is -2.44. The van der Waals surface area contributed by atoms with Gasteiger partial charge in [0.1, 0.15) is 11.0 Å². The molecule has 10 nitrogen and oxygen atoms in total. The predicted molar refractivity (Wildman–Crippen MR) is 162 cm³/mol. The summed E-state index contributed by atoms with van der Waals surface area (Å²) in [7, 11) is 3.10. The molecule has 42 heavy (non-hydrogen) atoms. The second kappa shape index (κ2) is 14.4. The van der Waals surface area contributed by atoms with Crippen molar-refractivity contribution in [2.75, 3.05) is 32.8 Å². The number of thioether (sulfide) groups is 1. The second-order valence-corrected chi connectivity index (χ2v) is 10.3. The first-order valence-corrected chi connectivity index (χ1v) is 14.3. The molecule has 0 aromatic heterocycles. The Labute approximate surface area is 249 Å². The van der Waals surface area contributed by atoms with Gasteiger partial charge in [0.15, 0.2) is 16.7 Å². The zero-order valence-electron chi connectivity index (χ0n) is 23.9. The molecule has 1 aliphatic heterocycles. The molecule has 1 heterocycles. The molecule has 1 fully saturated rings. The first kappa shape index (κ1) is 30.4. The number of methoxy groups -OCH3 is 2. The van der Waals surface area contributed by atoms with E-state index in [1.807, 2.05) is 13.0 Å². The number of benzene rings is 3. The number of ether oxygens (including phenoxy) is 4. The summed E-state index contributed by atoms with van der Waals surface area (Å²) in [5.41, 5.74) is 2.30. The number of rotatable bonds is 11. The van der Waals surface area contributed by atoms with Crippen LogP contribution in [0.1, 0.15) is 36.2 Å². The van der Waals surface area contributed by atoms with Crippen molar-refractivity contribution in [3.8, 4) is 17.2 Å². The molecule has 1 atom stereocenters. The van der Waals surface area contributed by atoms with E-state index in [-0.39, 0.29) is 31.4 Å². The van der Waals surface area contributed by atoms with Crippen molar-refractivity contribution >= 4 is 46.1 Å². The number of nitrogens with zero attached hydrogens (tertiary/aromatic N) is 2. The molecule has 0 radical (unpaired) electrons. The molecule has 2 amide bonds. The van der Waals surface area contributed by atoms with Crippen molar-refractivity contribution < 1.29 is 33.3 Å². The average molecular weight is 592 g/mol. The van der Waals surface area contributed by atoms with E-state index in [1.54, 1.807) is 86.7 Å². The number of carbonyl (C=O) groups is 3. The molecule has 3 aromatic rings. The van der Waals surface area contributed by atoms with Gasteiger partial charge >= 0.3 is 5.97 Å². The Morgan fingerprint density at radius 1 is 0.952 bits per heavy atom. The van der Waals surface area contributed by atoms with Crippen LogP contribution in [0.2, 0.25) is 0 Å². The maximum absolute atomic E-state index is 13.5. The highest BCUT2D eigenvalue weighted by atomic mass is 32.2. The third-order valence-corrected chi connectivity index (χ3v) is 7.44. The van der Waals surface area contributed by atoms with Crippen LogP contribution in [-0.2, 0) is 20.9 Å². The molecule has 1 saturated heterocycles. The number of hydrogen-bond donors (Lipinski definition) is 1. The smallest absolute Gasteiger partial charge is 0.338 e. The summed E-state index contributed by atoms with van der Waals surface area (Å²) in [6.45, 7) is 4.66. The van der Waals surface area contributed by atoms with Crippen molar-refractivity contribution in [2.24, 2.45) is 4.99 Å². The topological polar surface area (TPSA) is 116 Å². The van der Waals surface area contributed by atoms with Gasteiger partial charge in [0.25, 0.3) is 0 Å². The molecule has 0 aliphatic carbocycles. The first-order valence-electron chi connectivity index (χ1n) is 13.4. The standard InChI is InChI=1S/C31H33N3O7S/c1-5-40-24-14-12-22(13-15-24)32-29(36)27-18-28(35)34(19-20-7-16-25(38-3)26(17-20)39-4)31(42-27)33-23-10-8-21(9-11-23)30(37)41-6-2/h7-17,27H,5-6,18-19H2,1-4H3,(H,32,36). The van der Waals surface area contributed by atoms with Crippen LogP contribution < -0.4 is 19.5 Å². The fourth-order valence-electron chi connectivity index (χ4n) is 4.18. The number of esters is 1. The number of nitrogens with one attached hydrogen (secondary N) is 1. The molecule has 1 aliphatic rings. The lowest BCUT2D eigenvalue weighted by Gasteiger charge is -2.32. The number of amides is 2. The van der Waals surface area contributed by atoms with E-state index in [0.717, 1.165) is 5.56 Å². The third-order valence-electron chi connectivity index (χ3n) is 6.26. The molecule has 220 valence electrons. The molecule has 0 spiro atoms. The summed E-state index contributed by atoms with van der Waals surface area (Å²) in [6.07, 6.45) is -0.0123. The number of anilines is 1. The second-order valence-electron chi connectivity index (χ2n) is 9.09. The van der Waals surface area contributed by atoms with E-state index in [1.165, 1.54) is 11.8 Å². The predicted octanol–water partition coefficient (Wildman–Crippen LogP) is 5.44. The number of hydrogen-bond acceptors (Lipinski definition) is 9. The first-order chi connectivity index (χ1) is 20.3. The SMILES string of the molecule is CCOC(=O)c1ccc(N=C2SC(C(=O)Nc3ccc(OCC)cc3)CC(=O)N2Cc2ccc(OC)c(OC)c2)cc1. The van der Waals surface area contributed by atoms with Gasteiger partial charge in [0.05, 0.1) is 45.2 Å². The van der Waals surface area contributed by atoms with Gasteiger partial charge < -0.3 is 24.3 Å². The van der Waals surface area contributed by atoms with Crippen LogP contribution >= 0.6 is 11.8 Å². The van der Waals surface area contributed by atoms with Crippen LogP contribution in [0.5, 0.6) is 17.2 Å². The van der Waals surface area contributed by atoms with E-state index in [4.69, 9.17) is 23.9 Å². The highest BCUT2D eigenvalue weighted by molar-refractivity contribution is 8.15. The van der Waals surface area contributed by atoms with Crippen molar-refractivity contribution in [1.82, 2.24) is 4.90 Å². The van der Waals surface area contributed by atoms with Crippen LogP contribution in [0.4, 0.5) is 11.4 Å². The summed E-state index contributed by atoms with van der Waals surface area (Å²) in [5.74, 6) is 0.813. The fourth-order valence-corrected chi connectivity index (χ4v) is 5.28. The van der Waals surface area contributed by atoms with E-state index in [2.05, 4.69) is 5.32 Å². The van der Waals surface area contributed by atoms with Crippen molar-refractivity contribution in [3.05, 3.63) is 77.9 Å². The van der Waals surface area contributed by atoms with Crippen LogP contribution in [0.3, 0.4) is 0 Å². The van der Waals surface area contributed by atoms with Crippen LogP contribution in [-0.4, -0.2) is 60.5 Å². The molecule has 4 rings (SSSR count). The normalized spacial score (nSPS) is 15.7. The van der Waals surface area contributed by atoms with Crippen molar-refractivity contribution in [3.63, 3.8) is 0 Å². The zero-order valence-corrected chi connectivity index (χ0v) is 24.7. The monoisotopic (exact) mass is 591 g/mol. The molecule has 11 heteroatoms. The molecular weight excluding hydrogens is 558 g/mol. The van der Waals surface area contributed by atoms with Crippen molar-refractivity contribution in [2.45, 2.75) is 32.1 Å². The van der Waals surface area contributed by atoms with Gasteiger partial charge in [0.2, 0.25) is 11.8 Å². The van der Waals surface area contributed by atoms with Gasteiger partial charge in [0, 0.05) is 12.1 Å². The summed E-state index contributed by atoms with van der Waals surface area (Å²) in [6, 6.07) is 19.0. The maximum Gasteiger partial charge on any atom is 0.338 e. The number of carbonyl (C=O) groups excluding carboxylic acids is 3. The van der Waals surface area contributed by atoms with E-state index >= 15 is 0 Å². The number of aliphatic imine (C=N–C) groups is 1. The third kappa shape index (κ3) is 7.61. The molecular formula is C31H33N3O7S. The quantitative estimate of drug-likeness (QED) is 0.293. The summed E-state index contributed by atoms with van der Waals surface area (Å²) in [5, 5.41) is 2.54. The molecule has 3 aromatic carbocycles. The summed E-state index contributed by atoms with van der Waals surface area (Å²) >= 11 is 1.20. The fraction of sp³-hybridized carbons (Fsp3) is 0.290. The van der Waals surface area contributed by atoms with E-state index in [0.29, 0.717) is 46.0 Å². The summed E-state index contributed by atoms with van der Waals surface area (Å²) in [4.78, 5) is 45.1. The van der Waals surface area contributed by atoms with E-state index in [9.17, 15) is 14.4 Å². The zero-order chi connectivity index (χ0) is 30.1. The Kier molecular flexibility index (Phi) is 10.4. The Bertz CT molecular complexity index is 1440. The highest BCUT2D eigenvalue weighted by Gasteiger charge is 2.36. The molecule has 1 N–H and O–H groups in total. The largest absolute Gasteiger partial charge is 0.494 e. The van der Waals surface area contributed by atoms with Crippen LogP contribution in [0.25, 0.3) is 0 Å². The Morgan fingerprint density at radius 3 is 2.31 bits per heavy atom. The maximum atomic E-state index is 13.5. The molecule has 0 saturated carbocycles. The lowest BCUT2D eigenvalue weighted by atomic mass is 10.1. The van der Waals surface area contributed by atoms with Crippen LogP contribution in [0.15, 0.2) is 71.7 Å². The Morgan fingerprint density at radius 2 is 1.67 bits per heavy atom. The lowest BCUT2D eigenvalue weighted by molar-refractivity contribution is -0.129. The Balaban J connectivity index is 1.60. The molecule has 1 unspecified atom stereocenters.